The molecule has 0 aromatic heterocycles. The monoisotopic (exact) mass is 421 g/mol. The number of halogens is 7. The predicted molar refractivity (Wildman–Crippen MR) is 77.5 cm³/mol. The minimum Gasteiger partial charge on any atom is -0.475 e. The summed E-state index contributed by atoms with van der Waals surface area (Å²) in [4.78, 5) is 8.90. The second kappa shape index (κ2) is 8.19. The van der Waals surface area contributed by atoms with Gasteiger partial charge in [0.25, 0.3) is 0 Å². The molecule has 0 unspecified atom stereocenters. The minimum atomic E-state index is -5.08. The maximum absolute atomic E-state index is 12.4. The highest BCUT2D eigenvalue weighted by Gasteiger charge is 2.38. The Balaban J connectivity index is 0.000000351. The SMILES string of the molecule is FC(F)(F)c1ccc(CCC2CNC2)c(Br)c1.O=C(O)C(F)(F)F. The number of aliphatic carboxylic acids is 1. The molecule has 0 spiro atoms. The van der Waals surface area contributed by atoms with Crippen molar-refractivity contribution in [2.24, 2.45) is 5.92 Å². The first kappa shape index (κ1) is 20.8. The Labute approximate surface area is 142 Å². The topological polar surface area (TPSA) is 49.3 Å². The van der Waals surface area contributed by atoms with Crippen molar-refractivity contribution in [3.8, 4) is 0 Å². The number of nitrogens with one attached hydrogen (secondary N) is 1. The van der Waals surface area contributed by atoms with Gasteiger partial charge in [0, 0.05) is 4.47 Å². The van der Waals surface area contributed by atoms with E-state index in [1.807, 2.05) is 0 Å². The van der Waals surface area contributed by atoms with Gasteiger partial charge in [0.05, 0.1) is 5.56 Å². The van der Waals surface area contributed by atoms with Gasteiger partial charge in [-0.1, -0.05) is 22.0 Å². The summed E-state index contributed by atoms with van der Waals surface area (Å²) in [5.41, 5.74) is 0.350. The lowest BCUT2D eigenvalue weighted by Gasteiger charge is -2.27. The smallest absolute Gasteiger partial charge is 0.475 e. The van der Waals surface area contributed by atoms with Crippen LogP contribution >= 0.6 is 15.9 Å². The molecular formula is C14H14BrF6NO2. The third-order valence-corrected chi connectivity index (χ3v) is 4.05. The molecule has 1 aromatic carbocycles. The summed E-state index contributed by atoms with van der Waals surface area (Å²) in [5.74, 6) is -2.09. The second-order valence-electron chi connectivity index (χ2n) is 5.17. The number of rotatable bonds is 3. The Kier molecular flexibility index (Phi) is 7.09. The van der Waals surface area contributed by atoms with E-state index in [2.05, 4.69) is 21.2 Å². The largest absolute Gasteiger partial charge is 0.490 e. The molecule has 10 heteroatoms. The first-order chi connectivity index (χ1) is 10.9. The summed E-state index contributed by atoms with van der Waals surface area (Å²) in [5, 5.41) is 10.3. The summed E-state index contributed by atoms with van der Waals surface area (Å²) in [6.45, 7) is 2.05. The van der Waals surface area contributed by atoms with E-state index in [0.717, 1.165) is 43.6 Å². The second-order valence-corrected chi connectivity index (χ2v) is 6.02. The Morgan fingerprint density at radius 1 is 1.21 bits per heavy atom. The first-order valence-corrected chi connectivity index (χ1v) is 7.57. The minimum absolute atomic E-state index is 0.555. The predicted octanol–water partition coefficient (Wildman–Crippen LogP) is 4.25. The molecule has 0 atom stereocenters. The van der Waals surface area contributed by atoms with Crippen molar-refractivity contribution in [2.45, 2.75) is 25.2 Å². The molecule has 1 aliphatic heterocycles. The average molecular weight is 422 g/mol. The van der Waals surface area contributed by atoms with Gasteiger partial charge in [0.15, 0.2) is 0 Å². The van der Waals surface area contributed by atoms with Crippen LogP contribution in [0.5, 0.6) is 0 Å². The molecule has 1 aromatic rings. The molecule has 0 bridgehead atoms. The van der Waals surface area contributed by atoms with E-state index in [1.54, 1.807) is 6.07 Å². The van der Waals surface area contributed by atoms with Crippen LogP contribution in [0, 0.1) is 5.92 Å². The van der Waals surface area contributed by atoms with Crippen molar-refractivity contribution < 1.29 is 36.2 Å². The Hall–Kier alpha value is -1.29. The lowest BCUT2D eigenvalue weighted by molar-refractivity contribution is -0.192. The summed E-state index contributed by atoms with van der Waals surface area (Å²) in [6.07, 6.45) is -7.50. The van der Waals surface area contributed by atoms with E-state index in [4.69, 9.17) is 9.90 Å². The number of carboxylic acids is 1. The van der Waals surface area contributed by atoms with Gasteiger partial charge in [-0.25, -0.2) is 4.79 Å². The molecule has 1 saturated heterocycles. The highest BCUT2D eigenvalue weighted by molar-refractivity contribution is 9.10. The van der Waals surface area contributed by atoms with Gasteiger partial charge in [-0.15, -0.1) is 0 Å². The fourth-order valence-corrected chi connectivity index (χ4v) is 2.42. The van der Waals surface area contributed by atoms with E-state index >= 15 is 0 Å². The average Bonchev–Trinajstić information content (AvgIpc) is 2.37. The molecular weight excluding hydrogens is 408 g/mol. The molecule has 0 saturated carbocycles. The lowest BCUT2D eigenvalue weighted by Crippen LogP contribution is -2.42. The van der Waals surface area contributed by atoms with E-state index in [9.17, 15) is 26.3 Å². The number of carboxylic acid groups (broad SMARTS) is 1. The van der Waals surface area contributed by atoms with Crippen LogP contribution in [-0.4, -0.2) is 30.3 Å². The fourth-order valence-electron chi connectivity index (χ4n) is 1.84. The molecule has 1 fully saturated rings. The van der Waals surface area contributed by atoms with E-state index in [1.165, 1.54) is 0 Å². The third kappa shape index (κ3) is 6.68. The standard InChI is InChI=1S/C12H13BrF3N.C2HF3O2/c13-11-5-10(12(14,15)16)4-3-9(11)2-1-8-6-17-7-8;3-2(4,5)1(6)7/h3-5,8,17H,1-2,6-7H2;(H,6,7). The molecule has 2 N–H and O–H groups in total. The quantitative estimate of drug-likeness (QED) is 0.717. The zero-order valence-electron chi connectivity index (χ0n) is 12.1. The highest BCUT2D eigenvalue weighted by Crippen LogP contribution is 2.32. The van der Waals surface area contributed by atoms with Crippen molar-refractivity contribution in [2.75, 3.05) is 13.1 Å². The van der Waals surface area contributed by atoms with Gasteiger partial charge in [0.2, 0.25) is 0 Å². The van der Waals surface area contributed by atoms with Gasteiger partial charge in [-0.05, 0) is 49.5 Å². The lowest BCUT2D eigenvalue weighted by atomic mass is 9.94. The summed E-state index contributed by atoms with van der Waals surface area (Å²) in [6, 6.07) is 3.88. The van der Waals surface area contributed by atoms with Crippen LogP contribution in [0.15, 0.2) is 22.7 Å². The van der Waals surface area contributed by atoms with E-state index in [-0.39, 0.29) is 0 Å². The van der Waals surface area contributed by atoms with Crippen LogP contribution in [0.1, 0.15) is 17.5 Å². The molecule has 0 amide bonds. The maximum Gasteiger partial charge on any atom is 0.490 e. The van der Waals surface area contributed by atoms with Gasteiger partial charge in [-0.3, -0.25) is 0 Å². The fraction of sp³-hybridized carbons (Fsp3) is 0.500. The van der Waals surface area contributed by atoms with Crippen LogP contribution in [0.3, 0.4) is 0 Å². The molecule has 3 nitrogen and oxygen atoms in total. The molecule has 1 heterocycles. The molecule has 2 rings (SSSR count). The number of hydrogen-bond donors (Lipinski definition) is 2. The number of aryl methyl sites for hydroxylation is 1. The zero-order valence-corrected chi connectivity index (χ0v) is 13.7. The van der Waals surface area contributed by atoms with Gasteiger partial charge >= 0.3 is 18.3 Å². The van der Waals surface area contributed by atoms with Crippen molar-refractivity contribution in [1.29, 1.82) is 0 Å². The molecule has 136 valence electrons. The molecule has 0 radical (unpaired) electrons. The van der Waals surface area contributed by atoms with E-state index < -0.39 is 23.9 Å². The van der Waals surface area contributed by atoms with Crippen LogP contribution in [0.2, 0.25) is 0 Å². The summed E-state index contributed by atoms with van der Waals surface area (Å²) in [7, 11) is 0. The third-order valence-electron chi connectivity index (χ3n) is 3.31. The van der Waals surface area contributed by atoms with Crippen LogP contribution in [0.25, 0.3) is 0 Å². The van der Waals surface area contributed by atoms with Crippen molar-refractivity contribution >= 4 is 21.9 Å². The molecule has 24 heavy (non-hydrogen) atoms. The number of alkyl halides is 6. The van der Waals surface area contributed by atoms with Crippen molar-refractivity contribution in [1.82, 2.24) is 5.32 Å². The summed E-state index contributed by atoms with van der Waals surface area (Å²) < 4.78 is 69.6. The molecule has 0 aliphatic carbocycles. The van der Waals surface area contributed by atoms with Gasteiger partial charge in [-0.2, -0.15) is 26.3 Å². The number of benzene rings is 1. The Morgan fingerprint density at radius 3 is 2.08 bits per heavy atom. The van der Waals surface area contributed by atoms with Crippen LogP contribution in [-0.2, 0) is 17.4 Å². The van der Waals surface area contributed by atoms with Crippen molar-refractivity contribution in [3.05, 3.63) is 33.8 Å². The first-order valence-electron chi connectivity index (χ1n) is 6.77. The Bertz CT molecular complexity index is 569. The van der Waals surface area contributed by atoms with Crippen LogP contribution < -0.4 is 5.32 Å². The van der Waals surface area contributed by atoms with Gasteiger partial charge in [0.1, 0.15) is 0 Å². The van der Waals surface area contributed by atoms with Gasteiger partial charge < -0.3 is 10.4 Å². The normalized spacial score (nSPS) is 15.3. The number of carbonyl (C=O) groups is 1. The summed E-state index contributed by atoms with van der Waals surface area (Å²) >= 11 is 3.21. The Morgan fingerprint density at radius 2 is 1.75 bits per heavy atom. The maximum atomic E-state index is 12.4. The number of hydrogen-bond acceptors (Lipinski definition) is 2. The van der Waals surface area contributed by atoms with Crippen molar-refractivity contribution in [3.63, 3.8) is 0 Å². The highest BCUT2D eigenvalue weighted by atomic mass is 79.9. The zero-order chi connectivity index (χ0) is 18.5. The van der Waals surface area contributed by atoms with Crippen LogP contribution in [0.4, 0.5) is 26.3 Å². The molecule has 1 aliphatic rings. The van der Waals surface area contributed by atoms with E-state index in [0.29, 0.717) is 10.4 Å².